The number of hydrogen-bond acceptors (Lipinski definition) is 3. The molecule has 0 saturated heterocycles. The summed E-state index contributed by atoms with van der Waals surface area (Å²) in [5.74, 6) is 0.863. The minimum atomic E-state index is 0.847. The molecular weight excluding hydrogens is 617 g/mol. The van der Waals surface area contributed by atoms with Gasteiger partial charge in [0.1, 0.15) is 22.5 Å². The molecule has 2 nitrogen and oxygen atoms in total. The van der Waals surface area contributed by atoms with Crippen LogP contribution in [0, 0.1) is 0 Å². The van der Waals surface area contributed by atoms with Crippen LogP contribution >= 0.6 is 11.3 Å². The van der Waals surface area contributed by atoms with Gasteiger partial charge in [0.25, 0.3) is 0 Å². The van der Waals surface area contributed by atoms with Gasteiger partial charge in [0.05, 0.1) is 0 Å². The zero-order valence-electron chi connectivity index (χ0n) is 26.2. The summed E-state index contributed by atoms with van der Waals surface area (Å²) in [6.45, 7) is 0. The molecule has 0 aliphatic heterocycles. The highest BCUT2D eigenvalue weighted by Crippen LogP contribution is 2.52. The maximum Gasteiger partial charge on any atom is 0.143 e. The van der Waals surface area contributed by atoms with E-state index >= 15 is 0 Å². The van der Waals surface area contributed by atoms with Crippen LogP contribution in [0.5, 0.6) is 0 Å². The lowest BCUT2D eigenvalue weighted by molar-refractivity contribution is 0.632. The Kier molecular flexibility index (Phi) is 5.57. The highest BCUT2D eigenvalue weighted by Gasteiger charge is 2.26. The summed E-state index contributed by atoms with van der Waals surface area (Å²) in [5.41, 5.74) is 8.42. The molecule has 0 bridgehead atoms. The lowest BCUT2D eigenvalue weighted by Gasteiger charge is -2.18. The molecule has 0 aliphatic rings. The summed E-state index contributed by atoms with van der Waals surface area (Å²) in [7, 11) is 0. The molecule has 11 aromatic rings. The Balaban J connectivity index is 1.31. The topological polar surface area (TPSA) is 26.3 Å². The minimum absolute atomic E-state index is 0.847. The van der Waals surface area contributed by atoms with Crippen molar-refractivity contribution >= 4 is 86.0 Å². The van der Waals surface area contributed by atoms with Crippen LogP contribution in [0.25, 0.3) is 108 Å². The minimum Gasteiger partial charge on any atom is -0.456 e. The second kappa shape index (κ2) is 10.2. The number of furan rings is 2. The highest BCUT2D eigenvalue weighted by atomic mass is 32.1. The van der Waals surface area contributed by atoms with E-state index in [1.54, 1.807) is 0 Å². The normalized spacial score (nSPS) is 12.1. The molecule has 0 fully saturated rings. The van der Waals surface area contributed by atoms with E-state index in [1.807, 2.05) is 23.5 Å². The van der Waals surface area contributed by atoms with Gasteiger partial charge in [-0.25, -0.2) is 0 Å². The van der Waals surface area contributed by atoms with Crippen molar-refractivity contribution < 1.29 is 8.83 Å². The predicted octanol–water partition coefficient (Wildman–Crippen LogP) is 14.0. The van der Waals surface area contributed by atoms with E-state index in [2.05, 4.69) is 146 Å². The molecule has 0 saturated carbocycles. The molecular formula is C46H26O2S. The number of fused-ring (bicyclic) bond motifs is 9. The highest BCUT2D eigenvalue weighted by molar-refractivity contribution is 7.26. The molecule has 0 aliphatic carbocycles. The van der Waals surface area contributed by atoms with Crippen LogP contribution in [-0.2, 0) is 0 Å². The molecule has 3 heteroatoms. The smallest absolute Gasteiger partial charge is 0.143 e. The van der Waals surface area contributed by atoms with Crippen molar-refractivity contribution in [3.05, 3.63) is 158 Å². The zero-order chi connectivity index (χ0) is 32.1. The van der Waals surface area contributed by atoms with Gasteiger partial charge in [0.15, 0.2) is 0 Å². The monoisotopic (exact) mass is 642 g/mol. The number of hydrogen-bond donors (Lipinski definition) is 0. The zero-order valence-corrected chi connectivity index (χ0v) is 27.1. The van der Waals surface area contributed by atoms with Crippen LogP contribution in [0.2, 0.25) is 0 Å². The fraction of sp³-hybridized carbons (Fsp3) is 0. The van der Waals surface area contributed by atoms with Crippen LogP contribution in [0.4, 0.5) is 0 Å². The number of para-hydroxylation sites is 1. The Bertz CT molecular complexity index is 3050. The predicted molar refractivity (Wildman–Crippen MR) is 208 cm³/mol. The quantitative estimate of drug-likeness (QED) is 0.179. The van der Waals surface area contributed by atoms with Crippen molar-refractivity contribution in [3.63, 3.8) is 0 Å². The van der Waals surface area contributed by atoms with Gasteiger partial charge in [-0.3, -0.25) is 0 Å². The molecule has 0 N–H and O–H groups in total. The van der Waals surface area contributed by atoms with Crippen LogP contribution in [0.15, 0.2) is 167 Å². The van der Waals surface area contributed by atoms with Gasteiger partial charge in [-0.1, -0.05) is 133 Å². The fourth-order valence-corrected chi connectivity index (χ4v) is 9.21. The van der Waals surface area contributed by atoms with Gasteiger partial charge in [-0.05, 0) is 51.4 Å². The Hall–Kier alpha value is -6.16. The summed E-state index contributed by atoms with van der Waals surface area (Å²) in [5, 5.41) is 10.6. The van der Waals surface area contributed by atoms with Gasteiger partial charge in [0.2, 0.25) is 0 Å². The summed E-state index contributed by atoms with van der Waals surface area (Å²) in [4.78, 5) is 0. The Morgan fingerprint density at radius 2 is 0.918 bits per heavy atom. The van der Waals surface area contributed by atoms with Crippen molar-refractivity contribution in [2.45, 2.75) is 0 Å². The Morgan fingerprint density at radius 3 is 1.67 bits per heavy atom. The number of rotatable bonds is 3. The Labute approximate surface area is 285 Å². The van der Waals surface area contributed by atoms with Gasteiger partial charge < -0.3 is 8.83 Å². The summed E-state index contributed by atoms with van der Waals surface area (Å²) < 4.78 is 16.0. The van der Waals surface area contributed by atoms with E-state index < -0.39 is 0 Å². The van der Waals surface area contributed by atoms with Crippen LogP contribution in [0.1, 0.15) is 0 Å². The molecule has 3 heterocycles. The molecule has 228 valence electrons. The van der Waals surface area contributed by atoms with E-state index in [0.29, 0.717) is 0 Å². The summed E-state index contributed by atoms with van der Waals surface area (Å²) in [6, 6.07) is 56.4. The first-order chi connectivity index (χ1) is 24.3. The van der Waals surface area contributed by atoms with Crippen molar-refractivity contribution in [2.75, 3.05) is 0 Å². The molecule has 0 atom stereocenters. The lowest BCUT2D eigenvalue weighted by Crippen LogP contribution is -1.91. The van der Waals surface area contributed by atoms with E-state index in [4.69, 9.17) is 8.83 Å². The van der Waals surface area contributed by atoms with Crippen molar-refractivity contribution in [2.24, 2.45) is 0 Å². The average molecular weight is 643 g/mol. The molecule has 49 heavy (non-hydrogen) atoms. The second-order valence-corrected chi connectivity index (χ2v) is 13.8. The van der Waals surface area contributed by atoms with Gasteiger partial charge in [0, 0.05) is 58.6 Å². The van der Waals surface area contributed by atoms with E-state index in [-0.39, 0.29) is 0 Å². The molecule has 0 radical (unpaired) electrons. The maximum absolute atomic E-state index is 6.93. The van der Waals surface area contributed by atoms with Gasteiger partial charge in [-0.15, -0.1) is 11.3 Å². The molecule has 0 amide bonds. The first kappa shape index (κ1) is 26.9. The molecule has 0 unspecified atom stereocenters. The van der Waals surface area contributed by atoms with Crippen LogP contribution in [0.3, 0.4) is 0 Å². The standard InChI is InChI=1S/C46H26O2S/c1-2-13-27(14-3-1)45-44(37-26-39-36(25-40(37)48-45)28-15-8-10-23-38(28)47-39)43-32-19-6-4-17-30(32)42(31-18-5-7-20-33(31)43)35-22-12-21-34-29-16-9-11-24-41(29)49-46(34)35/h1-26H. The van der Waals surface area contributed by atoms with Gasteiger partial charge in [-0.2, -0.15) is 0 Å². The van der Waals surface area contributed by atoms with E-state index in [9.17, 15) is 0 Å². The summed E-state index contributed by atoms with van der Waals surface area (Å²) >= 11 is 1.88. The average Bonchev–Trinajstić information content (AvgIpc) is 3.84. The van der Waals surface area contributed by atoms with Crippen molar-refractivity contribution in [1.29, 1.82) is 0 Å². The number of benzene rings is 8. The second-order valence-electron chi connectivity index (χ2n) is 12.7. The summed E-state index contributed by atoms with van der Waals surface area (Å²) in [6.07, 6.45) is 0. The first-order valence-electron chi connectivity index (χ1n) is 16.6. The maximum atomic E-state index is 6.93. The third-order valence-corrected chi connectivity index (χ3v) is 11.3. The van der Waals surface area contributed by atoms with Gasteiger partial charge >= 0.3 is 0 Å². The van der Waals surface area contributed by atoms with Crippen molar-refractivity contribution in [3.8, 4) is 33.6 Å². The first-order valence-corrected chi connectivity index (χ1v) is 17.4. The molecule has 3 aromatic heterocycles. The van der Waals surface area contributed by atoms with E-state index in [1.165, 1.54) is 58.4 Å². The Morgan fingerprint density at radius 1 is 0.347 bits per heavy atom. The molecule has 8 aromatic carbocycles. The fourth-order valence-electron chi connectivity index (χ4n) is 7.99. The third-order valence-electron chi connectivity index (χ3n) is 10.1. The largest absolute Gasteiger partial charge is 0.456 e. The molecule has 0 spiro atoms. The van der Waals surface area contributed by atoms with Crippen molar-refractivity contribution in [1.82, 2.24) is 0 Å². The third kappa shape index (κ3) is 3.82. The molecule has 11 rings (SSSR count). The van der Waals surface area contributed by atoms with Crippen LogP contribution < -0.4 is 0 Å². The van der Waals surface area contributed by atoms with E-state index in [0.717, 1.165) is 49.8 Å². The number of thiophene rings is 1. The van der Waals surface area contributed by atoms with Crippen LogP contribution in [-0.4, -0.2) is 0 Å². The SMILES string of the molecule is c1ccc(-c2oc3cc4c(cc3c2-c2c3ccccc3c(-c3cccc5c3sc3ccccc35)c3ccccc23)oc2ccccc24)cc1. The lowest BCUT2D eigenvalue weighted by atomic mass is 9.84.